The van der Waals surface area contributed by atoms with Crippen molar-refractivity contribution in [2.45, 2.75) is 70.3 Å². The first-order chi connectivity index (χ1) is 9.91. The van der Waals surface area contributed by atoms with E-state index in [4.69, 9.17) is 10.8 Å². The standard InChI is InChI=1S/C16H28N2O3/c1-12-4-8-15(11-17,9-5-12)14(21)18-16(10-13(19)20)6-2-3-7-16/h12H,2-11,17H2,1H3,(H,18,21)(H,19,20). The first-order valence-corrected chi connectivity index (χ1v) is 8.16. The van der Waals surface area contributed by atoms with Crippen LogP contribution in [0.1, 0.15) is 64.7 Å². The highest BCUT2D eigenvalue weighted by Crippen LogP contribution is 2.40. The van der Waals surface area contributed by atoms with Gasteiger partial charge in [-0.2, -0.15) is 0 Å². The molecule has 2 aliphatic rings. The van der Waals surface area contributed by atoms with E-state index in [1.807, 2.05) is 0 Å². The van der Waals surface area contributed by atoms with Crippen LogP contribution in [-0.2, 0) is 9.59 Å². The third kappa shape index (κ3) is 3.57. The van der Waals surface area contributed by atoms with Crippen LogP contribution in [-0.4, -0.2) is 29.1 Å². The Morgan fingerprint density at radius 1 is 1.19 bits per heavy atom. The minimum absolute atomic E-state index is 0.0138. The molecule has 5 heteroatoms. The molecule has 0 bridgehead atoms. The van der Waals surface area contributed by atoms with Crippen molar-refractivity contribution in [3.05, 3.63) is 0 Å². The van der Waals surface area contributed by atoms with Gasteiger partial charge in [0.1, 0.15) is 0 Å². The van der Waals surface area contributed by atoms with Crippen molar-refractivity contribution in [2.24, 2.45) is 17.1 Å². The summed E-state index contributed by atoms with van der Waals surface area (Å²) in [4.78, 5) is 24.0. The zero-order valence-electron chi connectivity index (χ0n) is 13.0. The molecule has 4 N–H and O–H groups in total. The quantitative estimate of drug-likeness (QED) is 0.724. The van der Waals surface area contributed by atoms with E-state index in [2.05, 4.69) is 12.2 Å². The third-order valence-corrected chi connectivity index (χ3v) is 5.53. The summed E-state index contributed by atoms with van der Waals surface area (Å²) in [5.74, 6) is -0.201. The van der Waals surface area contributed by atoms with E-state index in [0.717, 1.165) is 51.4 Å². The molecule has 0 heterocycles. The van der Waals surface area contributed by atoms with Crippen molar-refractivity contribution in [3.8, 4) is 0 Å². The van der Waals surface area contributed by atoms with Gasteiger partial charge in [-0.3, -0.25) is 9.59 Å². The predicted octanol–water partition coefficient (Wildman–Crippen LogP) is 2.05. The summed E-state index contributed by atoms with van der Waals surface area (Å²) in [6, 6.07) is 0. The summed E-state index contributed by atoms with van der Waals surface area (Å²) in [5.41, 5.74) is 4.89. The lowest BCUT2D eigenvalue weighted by Crippen LogP contribution is -2.56. The third-order valence-electron chi connectivity index (χ3n) is 5.53. The van der Waals surface area contributed by atoms with E-state index in [1.165, 1.54) is 0 Å². The molecule has 0 aromatic rings. The summed E-state index contributed by atoms with van der Waals surface area (Å²) in [6.45, 7) is 2.57. The molecule has 2 fully saturated rings. The molecule has 2 rings (SSSR count). The number of carboxylic acids is 1. The number of carboxylic acid groups (broad SMARTS) is 1. The van der Waals surface area contributed by atoms with Crippen molar-refractivity contribution >= 4 is 11.9 Å². The molecule has 0 unspecified atom stereocenters. The van der Waals surface area contributed by atoms with Crippen LogP contribution >= 0.6 is 0 Å². The van der Waals surface area contributed by atoms with Gasteiger partial charge in [0.2, 0.25) is 5.91 Å². The first-order valence-electron chi connectivity index (χ1n) is 8.16. The van der Waals surface area contributed by atoms with Gasteiger partial charge in [-0.05, 0) is 44.4 Å². The van der Waals surface area contributed by atoms with Crippen LogP contribution in [0.3, 0.4) is 0 Å². The van der Waals surface area contributed by atoms with Crippen LogP contribution in [0.15, 0.2) is 0 Å². The molecule has 0 aromatic carbocycles. The van der Waals surface area contributed by atoms with Gasteiger partial charge in [-0.15, -0.1) is 0 Å². The summed E-state index contributed by atoms with van der Waals surface area (Å²) < 4.78 is 0. The lowest BCUT2D eigenvalue weighted by molar-refractivity contribution is -0.140. The van der Waals surface area contributed by atoms with E-state index in [1.54, 1.807) is 0 Å². The zero-order valence-corrected chi connectivity index (χ0v) is 13.0. The minimum atomic E-state index is -0.837. The highest BCUT2D eigenvalue weighted by molar-refractivity contribution is 5.84. The topological polar surface area (TPSA) is 92.4 Å². The Morgan fingerprint density at radius 2 is 1.76 bits per heavy atom. The molecule has 0 aliphatic heterocycles. The van der Waals surface area contributed by atoms with E-state index < -0.39 is 16.9 Å². The Balaban J connectivity index is 2.08. The van der Waals surface area contributed by atoms with Gasteiger partial charge in [0.15, 0.2) is 0 Å². The lowest BCUT2D eigenvalue weighted by atomic mass is 9.69. The number of amides is 1. The second kappa shape index (κ2) is 6.34. The van der Waals surface area contributed by atoms with Crippen molar-refractivity contribution in [1.82, 2.24) is 5.32 Å². The number of carbonyl (C=O) groups is 2. The molecule has 0 saturated heterocycles. The molecule has 2 saturated carbocycles. The highest BCUT2D eigenvalue weighted by Gasteiger charge is 2.45. The Bertz CT molecular complexity index is 394. The maximum atomic E-state index is 12.8. The summed E-state index contributed by atoms with van der Waals surface area (Å²) in [6.07, 6.45) is 7.22. The Morgan fingerprint density at radius 3 is 2.24 bits per heavy atom. The average molecular weight is 296 g/mol. The van der Waals surface area contributed by atoms with E-state index in [-0.39, 0.29) is 12.3 Å². The van der Waals surface area contributed by atoms with Gasteiger partial charge < -0.3 is 16.2 Å². The van der Waals surface area contributed by atoms with Gasteiger partial charge in [0.25, 0.3) is 0 Å². The zero-order chi connectivity index (χ0) is 15.5. The van der Waals surface area contributed by atoms with Gasteiger partial charge in [0, 0.05) is 6.54 Å². The van der Waals surface area contributed by atoms with Crippen LogP contribution in [0.4, 0.5) is 0 Å². The fraction of sp³-hybridized carbons (Fsp3) is 0.875. The van der Waals surface area contributed by atoms with Crippen LogP contribution in [0, 0.1) is 11.3 Å². The smallest absolute Gasteiger partial charge is 0.305 e. The minimum Gasteiger partial charge on any atom is -0.481 e. The fourth-order valence-corrected chi connectivity index (χ4v) is 3.90. The molecule has 0 atom stereocenters. The van der Waals surface area contributed by atoms with Crippen LogP contribution in [0.5, 0.6) is 0 Å². The summed E-state index contributed by atoms with van der Waals surface area (Å²) in [5, 5.41) is 12.2. The lowest BCUT2D eigenvalue weighted by Gasteiger charge is -2.40. The number of rotatable bonds is 5. The van der Waals surface area contributed by atoms with Gasteiger partial charge in [0.05, 0.1) is 17.4 Å². The largest absolute Gasteiger partial charge is 0.481 e. The average Bonchev–Trinajstić information content (AvgIpc) is 2.87. The van der Waals surface area contributed by atoms with Crippen LogP contribution < -0.4 is 11.1 Å². The van der Waals surface area contributed by atoms with Crippen molar-refractivity contribution in [3.63, 3.8) is 0 Å². The van der Waals surface area contributed by atoms with E-state index in [0.29, 0.717) is 12.5 Å². The molecule has 0 radical (unpaired) electrons. The monoisotopic (exact) mass is 296 g/mol. The molecule has 2 aliphatic carbocycles. The van der Waals surface area contributed by atoms with Gasteiger partial charge in [-0.25, -0.2) is 0 Å². The van der Waals surface area contributed by atoms with Crippen molar-refractivity contribution in [1.29, 1.82) is 0 Å². The molecular weight excluding hydrogens is 268 g/mol. The Kier molecular flexibility index (Phi) is 4.91. The Labute approximate surface area is 126 Å². The van der Waals surface area contributed by atoms with E-state index >= 15 is 0 Å². The number of nitrogens with one attached hydrogen (secondary N) is 1. The molecule has 1 amide bonds. The molecular formula is C16H28N2O3. The SMILES string of the molecule is CC1CCC(CN)(C(=O)NC2(CC(=O)O)CCCC2)CC1. The van der Waals surface area contributed by atoms with Crippen LogP contribution in [0.25, 0.3) is 0 Å². The number of carbonyl (C=O) groups excluding carboxylic acids is 1. The van der Waals surface area contributed by atoms with E-state index in [9.17, 15) is 9.59 Å². The number of hydrogen-bond donors (Lipinski definition) is 3. The molecule has 120 valence electrons. The number of aliphatic carboxylic acids is 1. The second-order valence-electron chi connectivity index (χ2n) is 7.18. The summed E-state index contributed by atoms with van der Waals surface area (Å²) in [7, 11) is 0. The first kappa shape index (κ1) is 16.3. The normalized spacial score (nSPS) is 31.8. The maximum absolute atomic E-state index is 12.8. The molecule has 21 heavy (non-hydrogen) atoms. The summed E-state index contributed by atoms with van der Waals surface area (Å²) >= 11 is 0. The Hall–Kier alpha value is -1.10. The van der Waals surface area contributed by atoms with Gasteiger partial charge in [-0.1, -0.05) is 19.8 Å². The molecule has 0 spiro atoms. The number of nitrogens with two attached hydrogens (primary N) is 1. The van der Waals surface area contributed by atoms with Crippen LogP contribution in [0.2, 0.25) is 0 Å². The molecule has 0 aromatic heterocycles. The second-order valence-corrected chi connectivity index (χ2v) is 7.18. The highest BCUT2D eigenvalue weighted by atomic mass is 16.4. The fourth-order valence-electron chi connectivity index (χ4n) is 3.90. The maximum Gasteiger partial charge on any atom is 0.305 e. The molecule has 5 nitrogen and oxygen atoms in total. The van der Waals surface area contributed by atoms with Gasteiger partial charge >= 0.3 is 5.97 Å². The van der Waals surface area contributed by atoms with Crippen molar-refractivity contribution in [2.75, 3.05) is 6.54 Å². The predicted molar refractivity (Wildman–Crippen MR) is 80.7 cm³/mol. The number of hydrogen-bond acceptors (Lipinski definition) is 3. The van der Waals surface area contributed by atoms with Crippen molar-refractivity contribution < 1.29 is 14.7 Å².